The first kappa shape index (κ1) is 12.8. The number of fused-ring (bicyclic) bond motifs is 1. The molecule has 6 heteroatoms. The quantitative estimate of drug-likeness (QED) is 0.918. The van der Waals surface area contributed by atoms with Gasteiger partial charge in [-0.05, 0) is 30.2 Å². The Balaban J connectivity index is 1.91. The first-order chi connectivity index (χ1) is 9.54. The van der Waals surface area contributed by atoms with Crippen LogP contribution in [-0.4, -0.2) is 20.6 Å². The number of rotatable bonds is 2. The standard InChI is InChI=1S/C14H12F2N2O2/c15-9-2-3-11(16)10(5-9)8-1-4-13-17-12(14(19)20)7-18(13)6-8/h2-3,5,7-8H,1,4,6H2,(H,19,20). The normalized spacial score (nSPS) is 17.8. The number of nitrogens with zero attached hydrogens (tertiary/aromatic N) is 2. The Hall–Kier alpha value is -2.24. The minimum atomic E-state index is -1.08. The fraction of sp³-hybridized carbons (Fsp3) is 0.286. The Kier molecular flexibility index (Phi) is 3.00. The van der Waals surface area contributed by atoms with Gasteiger partial charge in [-0.25, -0.2) is 18.6 Å². The average molecular weight is 278 g/mol. The van der Waals surface area contributed by atoms with Crippen LogP contribution in [0.25, 0.3) is 0 Å². The van der Waals surface area contributed by atoms with Crippen LogP contribution < -0.4 is 0 Å². The van der Waals surface area contributed by atoms with Crippen LogP contribution in [0.4, 0.5) is 8.78 Å². The van der Waals surface area contributed by atoms with Crippen molar-refractivity contribution in [2.45, 2.75) is 25.3 Å². The van der Waals surface area contributed by atoms with Crippen molar-refractivity contribution in [3.63, 3.8) is 0 Å². The van der Waals surface area contributed by atoms with Gasteiger partial charge >= 0.3 is 5.97 Å². The van der Waals surface area contributed by atoms with E-state index in [0.717, 1.165) is 12.1 Å². The van der Waals surface area contributed by atoms with Gasteiger partial charge in [-0.2, -0.15) is 0 Å². The van der Waals surface area contributed by atoms with Crippen LogP contribution >= 0.6 is 0 Å². The largest absolute Gasteiger partial charge is 0.476 e. The summed E-state index contributed by atoms with van der Waals surface area (Å²) in [4.78, 5) is 14.9. The monoisotopic (exact) mass is 278 g/mol. The highest BCUT2D eigenvalue weighted by molar-refractivity contribution is 5.85. The molecule has 0 saturated carbocycles. The molecule has 0 saturated heterocycles. The van der Waals surface area contributed by atoms with Crippen LogP contribution in [0.1, 0.15) is 34.2 Å². The highest BCUT2D eigenvalue weighted by Crippen LogP contribution is 2.30. The number of aromatic nitrogens is 2. The van der Waals surface area contributed by atoms with E-state index < -0.39 is 17.6 Å². The van der Waals surface area contributed by atoms with Crippen molar-refractivity contribution >= 4 is 5.97 Å². The second-order valence-electron chi connectivity index (χ2n) is 4.90. The zero-order valence-electron chi connectivity index (χ0n) is 10.5. The summed E-state index contributed by atoms with van der Waals surface area (Å²) in [6.07, 6.45) is 2.62. The zero-order chi connectivity index (χ0) is 14.3. The Labute approximate surface area is 113 Å². The Bertz CT molecular complexity index is 682. The lowest BCUT2D eigenvalue weighted by molar-refractivity contribution is 0.0691. The summed E-state index contributed by atoms with van der Waals surface area (Å²) in [6, 6.07) is 3.42. The highest BCUT2D eigenvalue weighted by atomic mass is 19.1. The van der Waals surface area contributed by atoms with Crippen LogP contribution in [0.3, 0.4) is 0 Å². The summed E-state index contributed by atoms with van der Waals surface area (Å²) in [5.41, 5.74) is 0.321. The number of benzene rings is 1. The van der Waals surface area contributed by atoms with Crippen molar-refractivity contribution in [2.24, 2.45) is 0 Å². The molecule has 1 atom stereocenters. The average Bonchev–Trinajstić information content (AvgIpc) is 2.84. The lowest BCUT2D eigenvalue weighted by Gasteiger charge is -2.24. The fourth-order valence-electron chi connectivity index (χ4n) is 2.63. The number of aryl methyl sites for hydroxylation is 1. The first-order valence-electron chi connectivity index (χ1n) is 6.29. The molecule has 1 unspecified atom stereocenters. The molecular weight excluding hydrogens is 266 g/mol. The number of hydrogen-bond donors (Lipinski definition) is 1. The SMILES string of the molecule is O=C(O)c1cn2c(n1)CCC(c1cc(F)ccc1F)C2. The van der Waals surface area contributed by atoms with Gasteiger partial charge in [-0.3, -0.25) is 0 Å². The van der Waals surface area contributed by atoms with E-state index in [-0.39, 0.29) is 11.6 Å². The van der Waals surface area contributed by atoms with Gasteiger partial charge in [-0.15, -0.1) is 0 Å². The number of halogens is 2. The number of aromatic carboxylic acids is 1. The number of imidazole rings is 1. The molecule has 0 amide bonds. The van der Waals surface area contributed by atoms with E-state index in [1.165, 1.54) is 12.3 Å². The molecule has 1 N–H and O–H groups in total. The van der Waals surface area contributed by atoms with Crippen molar-refractivity contribution in [1.29, 1.82) is 0 Å². The van der Waals surface area contributed by atoms with Crippen molar-refractivity contribution in [2.75, 3.05) is 0 Å². The van der Waals surface area contributed by atoms with E-state index >= 15 is 0 Å². The molecule has 3 rings (SSSR count). The summed E-state index contributed by atoms with van der Waals surface area (Å²) in [5, 5.41) is 8.91. The van der Waals surface area contributed by atoms with Crippen LogP contribution in [-0.2, 0) is 13.0 Å². The van der Waals surface area contributed by atoms with E-state index in [0.29, 0.717) is 30.8 Å². The third kappa shape index (κ3) is 2.17. The van der Waals surface area contributed by atoms with Crippen LogP contribution in [0.2, 0.25) is 0 Å². The van der Waals surface area contributed by atoms with Gasteiger partial charge in [0.15, 0.2) is 5.69 Å². The number of hydrogen-bond acceptors (Lipinski definition) is 2. The van der Waals surface area contributed by atoms with Gasteiger partial charge in [0.1, 0.15) is 17.5 Å². The molecule has 2 aromatic rings. The molecule has 20 heavy (non-hydrogen) atoms. The fourth-order valence-corrected chi connectivity index (χ4v) is 2.63. The van der Waals surface area contributed by atoms with Gasteiger partial charge in [0.05, 0.1) is 0 Å². The molecule has 1 aromatic carbocycles. The Morgan fingerprint density at radius 1 is 1.40 bits per heavy atom. The highest BCUT2D eigenvalue weighted by Gasteiger charge is 2.25. The smallest absolute Gasteiger partial charge is 0.356 e. The maximum absolute atomic E-state index is 13.8. The minimum Gasteiger partial charge on any atom is -0.476 e. The minimum absolute atomic E-state index is 0.0136. The molecular formula is C14H12F2N2O2. The molecule has 2 heterocycles. The molecule has 1 aliphatic rings. The van der Waals surface area contributed by atoms with E-state index in [1.54, 1.807) is 4.57 Å². The van der Waals surface area contributed by atoms with Crippen molar-refractivity contribution in [1.82, 2.24) is 9.55 Å². The van der Waals surface area contributed by atoms with E-state index in [4.69, 9.17) is 5.11 Å². The topological polar surface area (TPSA) is 55.1 Å². The van der Waals surface area contributed by atoms with Gasteiger partial charge in [0.25, 0.3) is 0 Å². The molecule has 1 aromatic heterocycles. The molecule has 0 fully saturated rings. The molecule has 0 spiro atoms. The number of carboxylic acid groups (broad SMARTS) is 1. The van der Waals surface area contributed by atoms with Gasteiger partial charge < -0.3 is 9.67 Å². The van der Waals surface area contributed by atoms with Crippen LogP contribution in [0.5, 0.6) is 0 Å². The molecule has 0 aliphatic carbocycles. The van der Waals surface area contributed by atoms with Crippen molar-refractivity contribution < 1.29 is 18.7 Å². The second-order valence-corrected chi connectivity index (χ2v) is 4.90. The third-order valence-corrected chi connectivity index (χ3v) is 3.61. The summed E-state index contributed by atoms with van der Waals surface area (Å²) < 4.78 is 28.7. The van der Waals surface area contributed by atoms with Crippen LogP contribution in [0.15, 0.2) is 24.4 Å². The predicted molar refractivity (Wildman–Crippen MR) is 66.6 cm³/mol. The molecule has 0 radical (unpaired) electrons. The maximum atomic E-state index is 13.8. The number of carboxylic acids is 1. The second kappa shape index (κ2) is 4.70. The van der Waals surface area contributed by atoms with E-state index in [1.807, 2.05) is 0 Å². The lowest BCUT2D eigenvalue weighted by atomic mass is 9.91. The molecule has 0 bridgehead atoms. The first-order valence-corrected chi connectivity index (χ1v) is 6.29. The predicted octanol–water partition coefficient (Wildman–Crippen LogP) is 2.59. The molecule has 1 aliphatic heterocycles. The van der Waals surface area contributed by atoms with E-state index in [9.17, 15) is 13.6 Å². The van der Waals surface area contributed by atoms with Crippen LogP contribution in [0, 0.1) is 11.6 Å². The van der Waals surface area contributed by atoms with E-state index in [2.05, 4.69) is 4.98 Å². The third-order valence-electron chi connectivity index (χ3n) is 3.61. The summed E-state index contributed by atoms with van der Waals surface area (Å²) in [6.45, 7) is 0.413. The van der Waals surface area contributed by atoms with Crippen molar-refractivity contribution in [3.05, 3.63) is 53.1 Å². The van der Waals surface area contributed by atoms with Gasteiger partial charge in [-0.1, -0.05) is 0 Å². The number of carbonyl (C=O) groups is 1. The molecule has 104 valence electrons. The maximum Gasteiger partial charge on any atom is 0.356 e. The van der Waals surface area contributed by atoms with Gasteiger partial charge in [0, 0.05) is 25.1 Å². The summed E-state index contributed by atoms with van der Waals surface area (Å²) in [7, 11) is 0. The van der Waals surface area contributed by atoms with Gasteiger partial charge in [0.2, 0.25) is 0 Å². The Morgan fingerprint density at radius 2 is 2.20 bits per heavy atom. The lowest BCUT2D eigenvalue weighted by Crippen LogP contribution is -2.19. The molecule has 4 nitrogen and oxygen atoms in total. The van der Waals surface area contributed by atoms with Crippen molar-refractivity contribution in [3.8, 4) is 0 Å². The summed E-state index contributed by atoms with van der Waals surface area (Å²) >= 11 is 0. The zero-order valence-corrected chi connectivity index (χ0v) is 10.5. The summed E-state index contributed by atoms with van der Waals surface area (Å²) in [5.74, 6) is -1.48. The Morgan fingerprint density at radius 3 is 2.95 bits per heavy atom.